The van der Waals surface area contributed by atoms with Gasteiger partial charge < -0.3 is 10.1 Å². The fourth-order valence-corrected chi connectivity index (χ4v) is 2.16. The molecule has 0 aliphatic carbocycles. The number of aromatic amines is 1. The maximum absolute atomic E-state index is 12.9. The summed E-state index contributed by atoms with van der Waals surface area (Å²) in [4.78, 5) is 7.30. The topological polar surface area (TPSA) is 48.9 Å². The van der Waals surface area contributed by atoms with Crippen LogP contribution in [0.4, 0.5) is 4.39 Å². The maximum Gasteiger partial charge on any atom is 0.142 e. The van der Waals surface area contributed by atoms with E-state index in [9.17, 15) is 9.50 Å². The van der Waals surface area contributed by atoms with Gasteiger partial charge in [0.1, 0.15) is 17.4 Å². The van der Waals surface area contributed by atoms with Crippen molar-refractivity contribution >= 4 is 34.2 Å². The van der Waals surface area contributed by atoms with E-state index >= 15 is 0 Å². The van der Waals surface area contributed by atoms with Crippen LogP contribution in [0.2, 0.25) is 10.0 Å². The molecule has 0 fully saturated rings. The number of phenols is 1. The molecule has 1 heterocycles. The van der Waals surface area contributed by atoms with E-state index in [4.69, 9.17) is 23.2 Å². The zero-order chi connectivity index (χ0) is 13.6. The van der Waals surface area contributed by atoms with Crippen LogP contribution in [0.1, 0.15) is 0 Å². The number of aromatic hydroxyl groups is 1. The molecule has 0 aliphatic heterocycles. The molecule has 0 saturated carbocycles. The predicted octanol–water partition coefficient (Wildman–Crippen LogP) is 4.38. The van der Waals surface area contributed by atoms with E-state index in [2.05, 4.69) is 9.97 Å². The second kappa shape index (κ2) is 4.40. The predicted molar refractivity (Wildman–Crippen MR) is 73.2 cm³/mol. The average Bonchev–Trinajstić information content (AvgIpc) is 2.72. The lowest BCUT2D eigenvalue weighted by Crippen LogP contribution is -1.83. The van der Waals surface area contributed by atoms with Gasteiger partial charge in [-0.2, -0.15) is 0 Å². The van der Waals surface area contributed by atoms with E-state index in [0.29, 0.717) is 32.5 Å². The summed E-state index contributed by atoms with van der Waals surface area (Å²) in [6.07, 6.45) is 0. The first-order valence-electron chi connectivity index (χ1n) is 5.38. The van der Waals surface area contributed by atoms with E-state index in [1.807, 2.05) is 0 Å². The summed E-state index contributed by atoms with van der Waals surface area (Å²) in [5.74, 6) is -0.273. The third-order valence-corrected chi connectivity index (χ3v) is 3.46. The summed E-state index contributed by atoms with van der Waals surface area (Å²) >= 11 is 11.8. The number of nitrogens with one attached hydrogen (secondary N) is 1. The normalized spacial score (nSPS) is 11.1. The number of aromatic nitrogens is 2. The number of H-pyrrole nitrogens is 1. The molecule has 0 atom stereocenters. The lowest BCUT2D eigenvalue weighted by molar-refractivity contribution is 0.471. The molecular weight excluding hydrogens is 290 g/mol. The molecule has 2 N–H and O–H groups in total. The van der Waals surface area contributed by atoms with Gasteiger partial charge in [0.25, 0.3) is 0 Å². The van der Waals surface area contributed by atoms with Crippen LogP contribution < -0.4 is 0 Å². The Labute approximate surface area is 117 Å². The second-order valence-electron chi connectivity index (χ2n) is 4.03. The molecule has 1 aromatic heterocycles. The molecule has 96 valence electrons. The van der Waals surface area contributed by atoms with Gasteiger partial charge in [-0.25, -0.2) is 9.37 Å². The van der Waals surface area contributed by atoms with Crippen LogP contribution in [0.3, 0.4) is 0 Å². The molecule has 0 amide bonds. The monoisotopic (exact) mass is 296 g/mol. The molecule has 0 radical (unpaired) electrons. The first-order chi connectivity index (χ1) is 9.04. The highest BCUT2D eigenvalue weighted by Crippen LogP contribution is 2.32. The summed E-state index contributed by atoms with van der Waals surface area (Å²) in [5.41, 5.74) is 1.71. The fraction of sp³-hybridized carbons (Fsp3) is 0. The largest absolute Gasteiger partial charge is 0.507 e. The van der Waals surface area contributed by atoms with Crippen molar-refractivity contribution in [3.63, 3.8) is 0 Å². The Morgan fingerprint density at radius 3 is 2.58 bits per heavy atom. The Bertz CT molecular complexity index is 747. The molecule has 6 heteroatoms. The highest BCUT2D eigenvalue weighted by molar-refractivity contribution is 6.42. The zero-order valence-electron chi connectivity index (χ0n) is 9.42. The van der Waals surface area contributed by atoms with Gasteiger partial charge in [-0.3, -0.25) is 0 Å². The summed E-state index contributed by atoms with van der Waals surface area (Å²) in [6, 6.07) is 7.01. The number of benzene rings is 2. The molecule has 0 unspecified atom stereocenters. The molecule has 3 rings (SSSR count). The lowest BCUT2D eigenvalue weighted by atomic mass is 10.2. The van der Waals surface area contributed by atoms with Gasteiger partial charge in [0.15, 0.2) is 0 Å². The van der Waals surface area contributed by atoms with Crippen molar-refractivity contribution in [1.29, 1.82) is 0 Å². The molecular formula is C13H7Cl2FN2O. The molecule has 19 heavy (non-hydrogen) atoms. The van der Waals surface area contributed by atoms with Crippen molar-refractivity contribution in [3.8, 4) is 17.1 Å². The number of imidazole rings is 1. The number of halogens is 3. The Balaban J connectivity index is 2.20. The van der Waals surface area contributed by atoms with Gasteiger partial charge in [-0.1, -0.05) is 23.2 Å². The SMILES string of the molecule is Oc1cc(F)ccc1-c1nc2cc(Cl)c(Cl)cc2[nH]1. The molecule has 0 saturated heterocycles. The molecule has 0 bridgehead atoms. The number of fused-ring (bicyclic) bond motifs is 1. The average molecular weight is 297 g/mol. The van der Waals surface area contributed by atoms with Gasteiger partial charge in [0.2, 0.25) is 0 Å². The zero-order valence-corrected chi connectivity index (χ0v) is 10.9. The van der Waals surface area contributed by atoms with Gasteiger partial charge in [-0.05, 0) is 24.3 Å². The van der Waals surface area contributed by atoms with Crippen LogP contribution in [-0.4, -0.2) is 15.1 Å². The number of hydrogen-bond donors (Lipinski definition) is 2. The first-order valence-corrected chi connectivity index (χ1v) is 6.14. The smallest absolute Gasteiger partial charge is 0.142 e. The van der Waals surface area contributed by atoms with Crippen LogP contribution in [0.5, 0.6) is 5.75 Å². The molecule has 0 spiro atoms. The number of phenolic OH excluding ortho intramolecular Hbond substituents is 1. The van der Waals surface area contributed by atoms with Gasteiger partial charge in [0.05, 0.1) is 26.6 Å². The van der Waals surface area contributed by atoms with E-state index in [-0.39, 0.29) is 5.75 Å². The van der Waals surface area contributed by atoms with Crippen molar-refractivity contribution in [2.24, 2.45) is 0 Å². The fourth-order valence-electron chi connectivity index (χ4n) is 1.84. The van der Waals surface area contributed by atoms with Crippen LogP contribution in [0.25, 0.3) is 22.4 Å². The first kappa shape index (κ1) is 12.3. The van der Waals surface area contributed by atoms with Crippen molar-refractivity contribution in [3.05, 3.63) is 46.2 Å². The van der Waals surface area contributed by atoms with Crippen LogP contribution in [0.15, 0.2) is 30.3 Å². The number of nitrogens with zero attached hydrogens (tertiary/aromatic N) is 1. The van der Waals surface area contributed by atoms with Crippen molar-refractivity contribution in [2.75, 3.05) is 0 Å². The van der Waals surface area contributed by atoms with E-state index < -0.39 is 5.82 Å². The third-order valence-electron chi connectivity index (χ3n) is 2.74. The Morgan fingerprint density at radius 2 is 1.84 bits per heavy atom. The molecule has 2 aromatic carbocycles. The quantitative estimate of drug-likeness (QED) is 0.700. The molecule has 3 aromatic rings. The highest BCUT2D eigenvalue weighted by Gasteiger charge is 2.11. The van der Waals surface area contributed by atoms with E-state index in [0.717, 1.165) is 6.07 Å². The standard InChI is InChI=1S/C13H7Cl2FN2O/c14-8-4-10-11(5-9(8)15)18-13(17-10)7-2-1-6(16)3-12(7)19/h1-5,19H,(H,17,18). The Morgan fingerprint density at radius 1 is 1.11 bits per heavy atom. The minimum absolute atomic E-state index is 0.184. The van der Waals surface area contributed by atoms with Crippen molar-refractivity contribution in [2.45, 2.75) is 0 Å². The summed E-state index contributed by atoms with van der Waals surface area (Å²) < 4.78 is 12.9. The minimum Gasteiger partial charge on any atom is -0.507 e. The van der Waals surface area contributed by atoms with Crippen LogP contribution in [-0.2, 0) is 0 Å². The van der Waals surface area contributed by atoms with Crippen molar-refractivity contribution in [1.82, 2.24) is 9.97 Å². The van der Waals surface area contributed by atoms with Crippen LogP contribution in [0, 0.1) is 5.82 Å². The summed E-state index contributed by atoms with van der Waals surface area (Å²) in [5, 5.41) is 10.5. The van der Waals surface area contributed by atoms with E-state index in [1.165, 1.54) is 12.1 Å². The third kappa shape index (κ3) is 2.13. The van der Waals surface area contributed by atoms with Gasteiger partial charge in [0, 0.05) is 6.07 Å². The van der Waals surface area contributed by atoms with E-state index in [1.54, 1.807) is 12.1 Å². The number of hydrogen-bond acceptors (Lipinski definition) is 2. The summed E-state index contributed by atoms with van der Waals surface area (Å²) in [6.45, 7) is 0. The molecule has 3 nitrogen and oxygen atoms in total. The highest BCUT2D eigenvalue weighted by atomic mass is 35.5. The second-order valence-corrected chi connectivity index (χ2v) is 4.84. The Hall–Kier alpha value is -1.78. The molecule has 0 aliphatic rings. The van der Waals surface area contributed by atoms with Gasteiger partial charge >= 0.3 is 0 Å². The van der Waals surface area contributed by atoms with Crippen LogP contribution >= 0.6 is 23.2 Å². The lowest BCUT2D eigenvalue weighted by Gasteiger charge is -2.00. The minimum atomic E-state index is -0.511. The summed E-state index contributed by atoms with van der Waals surface area (Å²) in [7, 11) is 0. The van der Waals surface area contributed by atoms with Crippen molar-refractivity contribution < 1.29 is 9.50 Å². The Kier molecular flexibility index (Phi) is 2.84. The van der Waals surface area contributed by atoms with Gasteiger partial charge in [-0.15, -0.1) is 0 Å². The number of rotatable bonds is 1. The maximum atomic E-state index is 12.9.